The largest absolute Gasteiger partial charge is 0.334 e. The van der Waals surface area contributed by atoms with E-state index in [9.17, 15) is 9.59 Å². The maximum atomic E-state index is 12.9. The summed E-state index contributed by atoms with van der Waals surface area (Å²) in [6.45, 7) is 9.08. The summed E-state index contributed by atoms with van der Waals surface area (Å²) in [5, 5.41) is 0. The fraction of sp³-hybridized carbons (Fsp3) is 0.524. The molecule has 2 aliphatic heterocycles. The summed E-state index contributed by atoms with van der Waals surface area (Å²) in [4.78, 5) is 29.5. The van der Waals surface area contributed by atoms with Crippen LogP contribution in [-0.2, 0) is 16.1 Å². The number of carbonyl (C=O) groups excluding carboxylic acids is 2. The fourth-order valence-corrected chi connectivity index (χ4v) is 4.34. The number of rotatable bonds is 3. The van der Waals surface area contributed by atoms with E-state index in [2.05, 4.69) is 25.6 Å². The first-order chi connectivity index (χ1) is 11.9. The monoisotopic (exact) mass is 340 g/mol. The van der Waals surface area contributed by atoms with Gasteiger partial charge in [0, 0.05) is 25.1 Å². The molecule has 0 unspecified atom stereocenters. The van der Waals surface area contributed by atoms with Crippen LogP contribution in [0.25, 0.3) is 0 Å². The van der Waals surface area contributed by atoms with Crippen LogP contribution in [0.2, 0.25) is 0 Å². The topological polar surface area (TPSA) is 40.6 Å². The maximum Gasteiger partial charge on any atom is 0.249 e. The van der Waals surface area contributed by atoms with Crippen molar-refractivity contribution in [2.24, 2.45) is 0 Å². The van der Waals surface area contributed by atoms with Gasteiger partial charge < -0.3 is 9.80 Å². The number of carbonyl (C=O) groups is 2. The van der Waals surface area contributed by atoms with Crippen LogP contribution in [0.1, 0.15) is 51.5 Å². The van der Waals surface area contributed by atoms with Crippen molar-refractivity contribution in [2.75, 3.05) is 6.54 Å². The molecule has 0 spiro atoms. The Labute approximate surface area is 150 Å². The second kappa shape index (κ2) is 7.03. The van der Waals surface area contributed by atoms with E-state index in [-0.39, 0.29) is 23.4 Å². The van der Waals surface area contributed by atoms with E-state index in [1.54, 1.807) is 6.92 Å². The maximum absolute atomic E-state index is 12.9. The molecular formula is C21H28N2O2. The molecule has 0 aromatic heterocycles. The van der Waals surface area contributed by atoms with E-state index < -0.39 is 0 Å². The minimum Gasteiger partial charge on any atom is -0.334 e. The Morgan fingerprint density at radius 1 is 1.28 bits per heavy atom. The fourth-order valence-electron chi connectivity index (χ4n) is 4.34. The van der Waals surface area contributed by atoms with Crippen LogP contribution in [0.5, 0.6) is 0 Å². The lowest BCUT2D eigenvalue weighted by Crippen LogP contribution is -2.58. The van der Waals surface area contributed by atoms with Crippen LogP contribution >= 0.6 is 0 Å². The molecule has 3 rings (SSSR count). The third kappa shape index (κ3) is 3.35. The van der Waals surface area contributed by atoms with Gasteiger partial charge in [0.1, 0.15) is 0 Å². The molecular weight excluding hydrogens is 312 g/mol. The highest BCUT2D eigenvalue weighted by molar-refractivity contribution is 5.93. The number of hydrogen-bond acceptors (Lipinski definition) is 2. The first-order valence-electron chi connectivity index (χ1n) is 9.24. The second-order valence-corrected chi connectivity index (χ2v) is 7.61. The summed E-state index contributed by atoms with van der Waals surface area (Å²) >= 11 is 0. The Morgan fingerprint density at radius 3 is 2.68 bits per heavy atom. The summed E-state index contributed by atoms with van der Waals surface area (Å²) in [5.41, 5.74) is 1.41. The van der Waals surface area contributed by atoms with Crippen LogP contribution in [-0.4, -0.2) is 39.7 Å². The highest BCUT2D eigenvalue weighted by atomic mass is 16.2. The molecule has 134 valence electrons. The third-order valence-corrected chi connectivity index (χ3v) is 5.80. The number of fused-ring (bicyclic) bond motifs is 1. The van der Waals surface area contributed by atoms with Crippen molar-refractivity contribution < 1.29 is 9.59 Å². The summed E-state index contributed by atoms with van der Waals surface area (Å²) in [6, 6.07) is 10.2. The molecule has 2 amide bonds. The Hall–Kier alpha value is -2.10. The van der Waals surface area contributed by atoms with Gasteiger partial charge in [-0.1, -0.05) is 43.3 Å². The van der Waals surface area contributed by atoms with Gasteiger partial charge in [-0.15, -0.1) is 0 Å². The molecule has 0 radical (unpaired) electrons. The van der Waals surface area contributed by atoms with Crippen molar-refractivity contribution in [2.45, 2.75) is 64.1 Å². The zero-order valence-corrected chi connectivity index (χ0v) is 15.3. The van der Waals surface area contributed by atoms with Crippen molar-refractivity contribution in [3.8, 4) is 0 Å². The smallest absolute Gasteiger partial charge is 0.249 e. The minimum absolute atomic E-state index is 0.0291. The minimum atomic E-state index is -0.307. The van der Waals surface area contributed by atoms with Crippen molar-refractivity contribution in [3.05, 3.63) is 48.0 Å². The van der Waals surface area contributed by atoms with E-state index in [1.165, 1.54) is 0 Å². The molecule has 4 nitrogen and oxygen atoms in total. The average Bonchev–Trinajstić information content (AvgIpc) is 2.92. The van der Waals surface area contributed by atoms with Gasteiger partial charge in [0.2, 0.25) is 11.8 Å². The van der Waals surface area contributed by atoms with Crippen LogP contribution in [0.15, 0.2) is 42.5 Å². The van der Waals surface area contributed by atoms with Crippen molar-refractivity contribution in [3.63, 3.8) is 0 Å². The zero-order valence-electron chi connectivity index (χ0n) is 15.3. The highest BCUT2D eigenvalue weighted by Crippen LogP contribution is 2.40. The number of benzene rings is 1. The predicted octanol–water partition coefficient (Wildman–Crippen LogP) is 3.52. The number of amides is 2. The van der Waals surface area contributed by atoms with Gasteiger partial charge in [0.25, 0.3) is 0 Å². The molecule has 0 bridgehead atoms. The molecule has 2 saturated heterocycles. The lowest BCUT2D eigenvalue weighted by molar-refractivity contribution is -0.142. The van der Waals surface area contributed by atoms with E-state index in [1.807, 2.05) is 28.0 Å². The van der Waals surface area contributed by atoms with E-state index in [4.69, 9.17) is 0 Å². The molecule has 0 N–H and O–H groups in total. The third-order valence-electron chi connectivity index (χ3n) is 5.80. The molecule has 4 heteroatoms. The van der Waals surface area contributed by atoms with Gasteiger partial charge in [0.05, 0.1) is 11.6 Å². The highest BCUT2D eigenvalue weighted by Gasteiger charge is 2.51. The Bertz CT molecular complexity index is 670. The summed E-state index contributed by atoms with van der Waals surface area (Å²) in [7, 11) is 0. The lowest BCUT2D eigenvalue weighted by Gasteiger charge is -2.45. The van der Waals surface area contributed by atoms with Gasteiger partial charge in [-0.05, 0) is 38.7 Å². The molecule has 25 heavy (non-hydrogen) atoms. The number of likely N-dealkylation sites (tertiary alicyclic amines) is 2. The quantitative estimate of drug-likeness (QED) is 0.790. The van der Waals surface area contributed by atoms with E-state index in [0.717, 1.165) is 31.2 Å². The van der Waals surface area contributed by atoms with Gasteiger partial charge in [-0.3, -0.25) is 9.59 Å². The Balaban J connectivity index is 1.93. The van der Waals surface area contributed by atoms with Crippen LogP contribution in [0.4, 0.5) is 0 Å². The normalized spacial score (nSPS) is 26.8. The second-order valence-electron chi connectivity index (χ2n) is 7.61. The summed E-state index contributed by atoms with van der Waals surface area (Å²) in [5.74, 6) is 0.238. The van der Waals surface area contributed by atoms with Gasteiger partial charge >= 0.3 is 0 Å². The molecule has 2 atom stereocenters. The van der Waals surface area contributed by atoms with E-state index in [0.29, 0.717) is 25.1 Å². The van der Waals surface area contributed by atoms with Crippen LogP contribution in [0.3, 0.4) is 0 Å². The number of nitrogens with zero attached hydrogens (tertiary/aromatic N) is 2. The molecule has 0 aliphatic carbocycles. The summed E-state index contributed by atoms with van der Waals surface area (Å²) in [6.07, 6.45) is 4.27. The zero-order chi connectivity index (χ0) is 18.0. The SMILES string of the molecule is C=C(C)C(=O)N1CC[C@@]2(C)[C@@H]1CCCCC(=O)N2Cc1ccccc1. The van der Waals surface area contributed by atoms with Crippen LogP contribution in [0, 0.1) is 0 Å². The average molecular weight is 340 g/mol. The summed E-state index contributed by atoms with van der Waals surface area (Å²) < 4.78 is 0. The first kappa shape index (κ1) is 17.7. The van der Waals surface area contributed by atoms with Gasteiger partial charge in [0.15, 0.2) is 0 Å². The van der Waals surface area contributed by atoms with Gasteiger partial charge in [-0.2, -0.15) is 0 Å². The Morgan fingerprint density at radius 2 is 2.00 bits per heavy atom. The predicted molar refractivity (Wildman–Crippen MR) is 98.8 cm³/mol. The van der Waals surface area contributed by atoms with E-state index >= 15 is 0 Å². The van der Waals surface area contributed by atoms with Crippen molar-refractivity contribution >= 4 is 11.8 Å². The lowest BCUT2D eigenvalue weighted by atomic mass is 9.84. The first-order valence-corrected chi connectivity index (χ1v) is 9.24. The molecule has 2 fully saturated rings. The standard InChI is InChI=1S/C21H28N2O2/c1-16(2)20(25)22-14-13-21(3)18(22)11-7-8-12-19(24)23(21)15-17-9-5-4-6-10-17/h4-6,9-10,18H,1,7-8,11-15H2,2-3H3/t18-,21-/m0/s1. The van der Waals surface area contributed by atoms with Crippen molar-refractivity contribution in [1.82, 2.24) is 9.80 Å². The molecule has 1 aromatic rings. The number of hydrogen-bond donors (Lipinski definition) is 0. The Kier molecular flexibility index (Phi) is 4.98. The molecule has 2 aliphatic rings. The molecule has 2 heterocycles. The van der Waals surface area contributed by atoms with Crippen LogP contribution < -0.4 is 0 Å². The van der Waals surface area contributed by atoms with Crippen molar-refractivity contribution in [1.29, 1.82) is 0 Å². The molecule has 1 aromatic carbocycles. The van der Waals surface area contributed by atoms with Gasteiger partial charge in [-0.25, -0.2) is 0 Å². The molecule has 0 saturated carbocycles.